The number of nitrogens with zero attached hydrogens (tertiary/aromatic N) is 2. The van der Waals surface area contributed by atoms with Crippen LogP contribution in [0.25, 0.3) is 0 Å². The number of hydrogen-bond donors (Lipinski definition) is 2. The van der Waals surface area contributed by atoms with E-state index in [1.165, 1.54) is 29.2 Å². The molecule has 4 rings (SSSR count). The molecule has 10 heteroatoms. The number of hydrogen-bond acceptors (Lipinski definition) is 5. The molecule has 166 valence electrons. The van der Waals surface area contributed by atoms with Gasteiger partial charge in [-0.15, -0.1) is 0 Å². The number of benzene rings is 3. The molecule has 3 amide bonds. The van der Waals surface area contributed by atoms with Crippen LogP contribution in [0.4, 0.5) is 22.7 Å². The van der Waals surface area contributed by atoms with E-state index in [0.717, 1.165) is 4.47 Å². The standard InChI is InChI=1S/C23H17BrN4O5/c24-15-7-5-14(6-8-15)23(31)27-19-4-2-1-3-18(19)26-22(30)20(27)13-21(29)25-16-9-11-17(12-10-16)28(32)33/h1-12,20H,13H2,(H,25,29)(H,26,30). The number of nitrogens with one attached hydrogen (secondary N) is 2. The van der Waals surface area contributed by atoms with Crippen LogP contribution in [-0.4, -0.2) is 28.7 Å². The van der Waals surface area contributed by atoms with Crippen LogP contribution in [0.1, 0.15) is 16.8 Å². The monoisotopic (exact) mass is 508 g/mol. The quantitative estimate of drug-likeness (QED) is 0.391. The highest BCUT2D eigenvalue weighted by Crippen LogP contribution is 2.34. The van der Waals surface area contributed by atoms with Gasteiger partial charge in [-0.1, -0.05) is 28.1 Å². The van der Waals surface area contributed by atoms with Crippen LogP contribution >= 0.6 is 15.9 Å². The van der Waals surface area contributed by atoms with Crippen LogP contribution < -0.4 is 15.5 Å². The Labute approximate surface area is 196 Å². The zero-order valence-electron chi connectivity index (χ0n) is 17.0. The molecular weight excluding hydrogens is 492 g/mol. The normalized spacial score (nSPS) is 14.8. The van der Waals surface area contributed by atoms with Gasteiger partial charge in [0.1, 0.15) is 6.04 Å². The maximum atomic E-state index is 13.4. The molecule has 33 heavy (non-hydrogen) atoms. The number of carbonyl (C=O) groups is 3. The number of nitro groups is 1. The highest BCUT2D eigenvalue weighted by atomic mass is 79.9. The van der Waals surface area contributed by atoms with Crippen LogP contribution in [0.3, 0.4) is 0 Å². The van der Waals surface area contributed by atoms with E-state index in [-0.39, 0.29) is 12.1 Å². The summed E-state index contributed by atoms with van der Waals surface area (Å²) in [5.74, 6) is -1.42. The number of fused-ring (bicyclic) bond motifs is 1. The first-order chi connectivity index (χ1) is 15.8. The van der Waals surface area contributed by atoms with E-state index in [0.29, 0.717) is 22.6 Å². The molecule has 9 nitrogen and oxygen atoms in total. The summed E-state index contributed by atoms with van der Waals surface area (Å²) in [6.45, 7) is 0. The van der Waals surface area contributed by atoms with Crippen molar-refractivity contribution >= 4 is 56.4 Å². The highest BCUT2D eigenvalue weighted by molar-refractivity contribution is 9.10. The summed E-state index contributed by atoms with van der Waals surface area (Å²) in [4.78, 5) is 50.6. The predicted octanol–water partition coefficient (Wildman–Crippen LogP) is 4.35. The van der Waals surface area contributed by atoms with Gasteiger partial charge < -0.3 is 10.6 Å². The van der Waals surface area contributed by atoms with E-state index >= 15 is 0 Å². The third kappa shape index (κ3) is 4.75. The van der Waals surface area contributed by atoms with Gasteiger partial charge in [0.2, 0.25) is 11.8 Å². The minimum Gasteiger partial charge on any atom is -0.326 e. The van der Waals surface area contributed by atoms with Gasteiger partial charge in [0.15, 0.2) is 0 Å². The summed E-state index contributed by atoms with van der Waals surface area (Å²) in [7, 11) is 0. The number of carbonyl (C=O) groups excluding carboxylic acids is 3. The smallest absolute Gasteiger partial charge is 0.269 e. The van der Waals surface area contributed by atoms with Crippen molar-refractivity contribution in [2.24, 2.45) is 0 Å². The first-order valence-electron chi connectivity index (χ1n) is 9.87. The van der Waals surface area contributed by atoms with E-state index in [2.05, 4.69) is 26.6 Å². The molecule has 0 aromatic heterocycles. The first-order valence-corrected chi connectivity index (χ1v) is 10.7. The predicted molar refractivity (Wildman–Crippen MR) is 126 cm³/mol. The van der Waals surface area contributed by atoms with Gasteiger partial charge in [0, 0.05) is 27.9 Å². The number of halogens is 1. The molecule has 3 aromatic rings. The van der Waals surface area contributed by atoms with Crippen molar-refractivity contribution in [3.05, 3.63) is 92.9 Å². The van der Waals surface area contributed by atoms with E-state index < -0.39 is 28.7 Å². The second kappa shape index (κ2) is 9.21. The Bertz CT molecular complexity index is 1240. The maximum Gasteiger partial charge on any atom is 0.269 e. The molecule has 2 N–H and O–H groups in total. The number of para-hydroxylation sites is 2. The fourth-order valence-electron chi connectivity index (χ4n) is 3.51. The minimum atomic E-state index is -1.09. The van der Waals surface area contributed by atoms with Crippen LogP contribution in [0.2, 0.25) is 0 Å². The molecular formula is C23H17BrN4O5. The van der Waals surface area contributed by atoms with E-state index in [4.69, 9.17) is 0 Å². The average molecular weight is 509 g/mol. The Morgan fingerprint density at radius 3 is 2.36 bits per heavy atom. The molecule has 3 aromatic carbocycles. The molecule has 0 saturated heterocycles. The number of nitro benzene ring substituents is 1. The molecule has 0 bridgehead atoms. The first kappa shape index (κ1) is 22.2. The Hall–Kier alpha value is -4.05. The fourth-order valence-corrected chi connectivity index (χ4v) is 3.78. The lowest BCUT2D eigenvalue weighted by molar-refractivity contribution is -0.384. The molecule has 0 aliphatic carbocycles. The van der Waals surface area contributed by atoms with Gasteiger partial charge in [0.25, 0.3) is 11.6 Å². The molecule has 1 aliphatic rings. The van der Waals surface area contributed by atoms with Crippen molar-refractivity contribution in [3.63, 3.8) is 0 Å². The number of amides is 3. The number of non-ortho nitro benzene ring substituents is 1. The maximum absolute atomic E-state index is 13.4. The molecule has 0 spiro atoms. The zero-order chi connectivity index (χ0) is 23.5. The Morgan fingerprint density at radius 2 is 1.70 bits per heavy atom. The van der Waals surface area contributed by atoms with Crippen molar-refractivity contribution in [2.75, 3.05) is 15.5 Å². The van der Waals surface area contributed by atoms with Crippen molar-refractivity contribution in [3.8, 4) is 0 Å². The summed E-state index contributed by atoms with van der Waals surface area (Å²) in [5, 5.41) is 16.2. The minimum absolute atomic E-state index is 0.109. The second-order valence-electron chi connectivity index (χ2n) is 7.26. The van der Waals surface area contributed by atoms with Gasteiger partial charge in [-0.2, -0.15) is 0 Å². The van der Waals surface area contributed by atoms with Crippen LogP contribution in [0, 0.1) is 10.1 Å². The summed E-state index contributed by atoms with van der Waals surface area (Å²) in [6.07, 6.45) is -0.306. The fraction of sp³-hybridized carbons (Fsp3) is 0.0870. The third-order valence-corrected chi connectivity index (χ3v) is 5.62. The van der Waals surface area contributed by atoms with Crippen molar-refractivity contribution in [2.45, 2.75) is 12.5 Å². The number of rotatable bonds is 5. The van der Waals surface area contributed by atoms with Crippen molar-refractivity contribution in [1.82, 2.24) is 0 Å². The lowest BCUT2D eigenvalue weighted by atomic mass is 10.0. The summed E-state index contributed by atoms with van der Waals surface area (Å²) < 4.78 is 0.801. The van der Waals surface area contributed by atoms with Crippen LogP contribution in [-0.2, 0) is 9.59 Å². The molecule has 1 atom stereocenters. The average Bonchev–Trinajstić information content (AvgIpc) is 2.80. The zero-order valence-corrected chi connectivity index (χ0v) is 18.6. The Kier molecular flexibility index (Phi) is 6.18. The lowest BCUT2D eigenvalue weighted by Gasteiger charge is -2.36. The molecule has 0 radical (unpaired) electrons. The van der Waals surface area contributed by atoms with Gasteiger partial charge in [0.05, 0.1) is 22.7 Å². The second-order valence-corrected chi connectivity index (χ2v) is 8.18. The third-order valence-electron chi connectivity index (χ3n) is 5.09. The largest absolute Gasteiger partial charge is 0.326 e. The Morgan fingerprint density at radius 1 is 1.03 bits per heavy atom. The van der Waals surface area contributed by atoms with Gasteiger partial charge in [-0.25, -0.2) is 0 Å². The van der Waals surface area contributed by atoms with E-state index in [1.807, 2.05) is 0 Å². The van der Waals surface area contributed by atoms with Crippen molar-refractivity contribution in [1.29, 1.82) is 0 Å². The van der Waals surface area contributed by atoms with Gasteiger partial charge >= 0.3 is 0 Å². The number of anilines is 3. The summed E-state index contributed by atoms with van der Waals surface area (Å²) >= 11 is 3.34. The molecule has 1 heterocycles. The van der Waals surface area contributed by atoms with Gasteiger partial charge in [-0.3, -0.25) is 29.4 Å². The van der Waals surface area contributed by atoms with E-state index in [1.54, 1.807) is 48.5 Å². The lowest BCUT2D eigenvalue weighted by Crippen LogP contribution is -2.52. The molecule has 0 saturated carbocycles. The molecule has 0 fully saturated rings. The highest BCUT2D eigenvalue weighted by Gasteiger charge is 2.38. The van der Waals surface area contributed by atoms with Crippen molar-refractivity contribution < 1.29 is 19.3 Å². The molecule has 1 unspecified atom stereocenters. The van der Waals surface area contributed by atoms with Gasteiger partial charge in [-0.05, 0) is 48.5 Å². The topological polar surface area (TPSA) is 122 Å². The summed E-state index contributed by atoms with van der Waals surface area (Å²) in [5.41, 5.74) is 1.55. The van der Waals surface area contributed by atoms with Crippen LogP contribution in [0.5, 0.6) is 0 Å². The van der Waals surface area contributed by atoms with E-state index in [9.17, 15) is 24.5 Å². The van der Waals surface area contributed by atoms with Crippen LogP contribution in [0.15, 0.2) is 77.3 Å². The molecule has 1 aliphatic heterocycles. The SMILES string of the molecule is O=C(CC1C(=O)Nc2ccccc2N1C(=O)c1ccc(Br)cc1)Nc1ccc([N+](=O)[O-])cc1. The Balaban J connectivity index is 1.61. The summed E-state index contributed by atoms with van der Waals surface area (Å²) in [6, 6.07) is 17.8.